The van der Waals surface area contributed by atoms with Crippen molar-refractivity contribution in [1.29, 1.82) is 0 Å². The summed E-state index contributed by atoms with van der Waals surface area (Å²) in [5.74, 6) is -0.845. The van der Waals surface area contributed by atoms with E-state index in [0.29, 0.717) is 50.1 Å². The van der Waals surface area contributed by atoms with E-state index in [1.54, 1.807) is 37.3 Å². The van der Waals surface area contributed by atoms with Crippen molar-refractivity contribution < 1.29 is 18.7 Å². The second-order valence-electron chi connectivity index (χ2n) is 9.39. The second kappa shape index (κ2) is 10.6. The zero-order valence-electron chi connectivity index (χ0n) is 22.0. The molecule has 6 rings (SSSR count). The van der Waals surface area contributed by atoms with E-state index in [0.717, 1.165) is 10.9 Å². The highest BCUT2D eigenvalue weighted by molar-refractivity contribution is 6.31. The van der Waals surface area contributed by atoms with E-state index < -0.39 is 11.7 Å². The molecular formula is C32H22ClFN4O3. The fraction of sp³-hybridized carbons (Fsp3) is 0.0938. The fourth-order valence-corrected chi connectivity index (χ4v) is 5.11. The Morgan fingerprint density at radius 2 is 1.76 bits per heavy atom. The number of benzene rings is 4. The minimum atomic E-state index is -0.543. The van der Waals surface area contributed by atoms with Crippen LogP contribution >= 0.6 is 11.6 Å². The van der Waals surface area contributed by atoms with Crippen molar-refractivity contribution in [3.8, 4) is 17.0 Å². The Hall–Kier alpha value is -4.95. The van der Waals surface area contributed by atoms with E-state index in [1.807, 2.05) is 30.3 Å². The smallest absolute Gasteiger partial charge is 0.257 e. The molecule has 4 aromatic carbocycles. The Balaban J connectivity index is 1.52. The summed E-state index contributed by atoms with van der Waals surface area (Å²) in [5, 5.41) is 4.89. The van der Waals surface area contributed by atoms with Crippen LogP contribution in [0.3, 0.4) is 0 Å². The van der Waals surface area contributed by atoms with Gasteiger partial charge in [0.2, 0.25) is 0 Å². The third kappa shape index (κ3) is 4.72. The van der Waals surface area contributed by atoms with Crippen molar-refractivity contribution >= 4 is 61.7 Å². The Morgan fingerprint density at radius 3 is 2.54 bits per heavy atom. The molecule has 0 atom stereocenters. The number of hydrogen-bond acceptors (Lipinski definition) is 6. The average Bonchev–Trinajstić information content (AvgIpc) is 2.99. The van der Waals surface area contributed by atoms with Crippen LogP contribution in [0.15, 0.2) is 79.1 Å². The highest BCUT2D eigenvalue weighted by atomic mass is 35.5. The number of carbonyl (C=O) groups is 2. The molecule has 0 unspecified atom stereocenters. The number of rotatable bonds is 6. The van der Waals surface area contributed by atoms with Crippen molar-refractivity contribution in [3.05, 3.63) is 101 Å². The number of aromatic nitrogens is 3. The van der Waals surface area contributed by atoms with Crippen LogP contribution < -0.4 is 10.1 Å². The molecule has 0 bridgehead atoms. The number of nitrogens with zero attached hydrogens (tertiary/aromatic N) is 3. The molecule has 202 valence electrons. The summed E-state index contributed by atoms with van der Waals surface area (Å²) in [6.45, 7) is 1.75. The largest absolute Gasteiger partial charge is 0.494 e. The number of halogens is 2. The summed E-state index contributed by atoms with van der Waals surface area (Å²) in [6, 6.07) is 20.6. The van der Waals surface area contributed by atoms with Gasteiger partial charge >= 0.3 is 0 Å². The monoisotopic (exact) mass is 564 g/mol. The second-order valence-corrected chi connectivity index (χ2v) is 9.79. The van der Waals surface area contributed by atoms with Crippen LogP contribution in [0, 0.1) is 5.82 Å². The summed E-state index contributed by atoms with van der Waals surface area (Å²) < 4.78 is 19.4. The first-order valence-corrected chi connectivity index (χ1v) is 13.2. The predicted molar refractivity (Wildman–Crippen MR) is 158 cm³/mol. The van der Waals surface area contributed by atoms with Gasteiger partial charge in [0.25, 0.3) is 5.91 Å². The van der Waals surface area contributed by atoms with Crippen molar-refractivity contribution in [2.45, 2.75) is 13.3 Å². The first kappa shape index (κ1) is 26.3. The van der Waals surface area contributed by atoms with Crippen molar-refractivity contribution in [3.63, 3.8) is 0 Å². The maximum atomic E-state index is 14.0. The van der Waals surface area contributed by atoms with Crippen LogP contribution in [0.1, 0.15) is 34.1 Å². The molecule has 9 heteroatoms. The molecule has 41 heavy (non-hydrogen) atoms. The molecule has 1 amide bonds. The van der Waals surface area contributed by atoms with Gasteiger partial charge in [0.15, 0.2) is 5.78 Å². The first-order chi connectivity index (χ1) is 19.9. The molecule has 0 aliphatic carbocycles. The molecule has 2 heterocycles. The van der Waals surface area contributed by atoms with Gasteiger partial charge in [-0.3, -0.25) is 9.59 Å². The Labute approximate surface area is 239 Å². The molecule has 1 N–H and O–H groups in total. The average molecular weight is 565 g/mol. The van der Waals surface area contributed by atoms with Gasteiger partial charge in [0.1, 0.15) is 17.9 Å². The molecule has 2 aromatic heterocycles. The maximum absolute atomic E-state index is 14.0. The van der Waals surface area contributed by atoms with Gasteiger partial charge in [-0.05, 0) is 48.5 Å². The molecule has 7 nitrogen and oxygen atoms in total. The number of anilines is 1. The van der Waals surface area contributed by atoms with Gasteiger partial charge in [-0.25, -0.2) is 19.3 Å². The lowest BCUT2D eigenvalue weighted by atomic mass is 9.95. The fourth-order valence-electron chi connectivity index (χ4n) is 4.93. The molecule has 0 fully saturated rings. The quantitative estimate of drug-likeness (QED) is 0.165. The lowest BCUT2D eigenvalue weighted by Crippen LogP contribution is -2.18. The van der Waals surface area contributed by atoms with Crippen LogP contribution in [0.25, 0.3) is 44.0 Å². The number of pyridine rings is 1. The lowest BCUT2D eigenvalue weighted by molar-refractivity contribution is 0.0969. The van der Waals surface area contributed by atoms with Crippen LogP contribution in [0.5, 0.6) is 5.75 Å². The Morgan fingerprint density at radius 1 is 0.927 bits per heavy atom. The normalized spacial score (nSPS) is 11.2. The van der Waals surface area contributed by atoms with E-state index in [4.69, 9.17) is 21.3 Å². The van der Waals surface area contributed by atoms with Crippen LogP contribution in [-0.2, 0) is 0 Å². The SMILES string of the molecule is CCC(=O)c1ccc2nc3ccccc3cc2c1C(=O)Nc1cc2c(-c3ccc(F)c(Cl)c3)ncnc2cc1OC. The molecule has 0 aliphatic rings. The summed E-state index contributed by atoms with van der Waals surface area (Å²) in [7, 11) is 1.48. The van der Waals surface area contributed by atoms with Gasteiger partial charge in [-0.15, -0.1) is 0 Å². The number of nitrogens with one attached hydrogen (secondary N) is 1. The molecular weight excluding hydrogens is 543 g/mol. The third-order valence-electron chi connectivity index (χ3n) is 6.95. The lowest BCUT2D eigenvalue weighted by Gasteiger charge is -2.16. The number of carbonyl (C=O) groups excluding carboxylic acids is 2. The number of amides is 1. The van der Waals surface area contributed by atoms with Gasteiger partial charge in [0.05, 0.1) is 45.6 Å². The number of Topliss-reactive ketones (excluding diaryl/α,β-unsaturated/α-hetero) is 1. The van der Waals surface area contributed by atoms with Gasteiger partial charge in [0, 0.05) is 39.8 Å². The summed E-state index contributed by atoms with van der Waals surface area (Å²) in [4.78, 5) is 40.4. The van der Waals surface area contributed by atoms with Gasteiger partial charge < -0.3 is 10.1 Å². The standard InChI is InChI=1S/C32H22ClFN4O3/c1-3-28(39)19-9-11-25-20(12-17-6-4-5-7-24(17)37-25)30(19)32(40)38-27-14-21-26(15-29(27)41-2)35-16-36-31(21)18-8-10-23(34)22(33)13-18/h4-16H,3H2,1-2H3,(H,38,40). The van der Waals surface area contributed by atoms with Crippen molar-refractivity contribution in [1.82, 2.24) is 15.0 Å². The molecule has 0 saturated heterocycles. The molecule has 0 spiro atoms. The number of para-hydroxylation sites is 1. The summed E-state index contributed by atoms with van der Waals surface area (Å²) >= 11 is 6.04. The molecule has 0 aliphatic heterocycles. The van der Waals surface area contributed by atoms with Gasteiger partial charge in [-0.2, -0.15) is 0 Å². The highest BCUT2D eigenvalue weighted by Gasteiger charge is 2.22. The first-order valence-electron chi connectivity index (χ1n) is 12.8. The molecule has 0 saturated carbocycles. The topological polar surface area (TPSA) is 94.1 Å². The maximum Gasteiger partial charge on any atom is 0.257 e. The third-order valence-corrected chi connectivity index (χ3v) is 7.24. The minimum Gasteiger partial charge on any atom is -0.494 e. The number of fused-ring (bicyclic) bond motifs is 3. The number of ketones is 1. The summed E-state index contributed by atoms with van der Waals surface area (Å²) in [5.41, 5.74) is 3.88. The van der Waals surface area contributed by atoms with Gasteiger partial charge in [-0.1, -0.05) is 36.7 Å². The van der Waals surface area contributed by atoms with E-state index in [9.17, 15) is 14.0 Å². The van der Waals surface area contributed by atoms with Crippen molar-refractivity contribution in [2.75, 3.05) is 12.4 Å². The Kier molecular flexibility index (Phi) is 6.77. The predicted octanol–water partition coefficient (Wildman–Crippen LogP) is 7.64. The Bertz CT molecular complexity index is 2030. The van der Waals surface area contributed by atoms with Crippen LogP contribution in [0.2, 0.25) is 5.02 Å². The zero-order valence-corrected chi connectivity index (χ0v) is 22.8. The highest BCUT2D eigenvalue weighted by Crippen LogP contribution is 2.36. The number of ether oxygens (including phenoxy) is 1. The van der Waals surface area contributed by atoms with E-state index in [1.165, 1.54) is 25.6 Å². The summed E-state index contributed by atoms with van der Waals surface area (Å²) in [6.07, 6.45) is 1.62. The van der Waals surface area contributed by atoms with Crippen LogP contribution in [0.4, 0.5) is 10.1 Å². The zero-order chi connectivity index (χ0) is 28.7. The van der Waals surface area contributed by atoms with E-state index in [-0.39, 0.29) is 22.8 Å². The van der Waals surface area contributed by atoms with E-state index >= 15 is 0 Å². The van der Waals surface area contributed by atoms with Crippen molar-refractivity contribution in [2.24, 2.45) is 0 Å². The number of methoxy groups -OCH3 is 1. The van der Waals surface area contributed by atoms with Crippen LogP contribution in [-0.4, -0.2) is 33.8 Å². The van der Waals surface area contributed by atoms with E-state index in [2.05, 4.69) is 15.3 Å². The minimum absolute atomic E-state index is 0.0403. The molecule has 6 aromatic rings. The number of hydrogen-bond donors (Lipinski definition) is 1. The molecule has 0 radical (unpaired) electrons.